The van der Waals surface area contributed by atoms with Crippen LogP contribution in [0.4, 0.5) is 0 Å². The highest BCUT2D eigenvalue weighted by Crippen LogP contribution is 2.38. The van der Waals surface area contributed by atoms with Gasteiger partial charge in [-0.3, -0.25) is 0 Å². The third-order valence-corrected chi connectivity index (χ3v) is 4.60. The minimum atomic E-state index is 0.447. The van der Waals surface area contributed by atoms with E-state index < -0.39 is 0 Å². The van der Waals surface area contributed by atoms with Gasteiger partial charge in [-0.2, -0.15) is 0 Å². The molecular weight excluding hydrogens is 216 g/mol. The van der Waals surface area contributed by atoms with Gasteiger partial charge in [0.2, 0.25) is 0 Å². The fraction of sp³-hybridized carbons (Fsp3) is 0.692. The van der Waals surface area contributed by atoms with Gasteiger partial charge in [0.1, 0.15) is 0 Å². The summed E-state index contributed by atoms with van der Waals surface area (Å²) in [6.45, 7) is 0. The number of hydrogen-bond donors (Lipinski definition) is 1. The first-order valence-corrected chi connectivity index (χ1v) is 7.02. The van der Waals surface area contributed by atoms with E-state index in [4.69, 9.17) is 5.73 Å². The molecule has 2 N–H and O–H groups in total. The fourth-order valence-corrected chi connectivity index (χ4v) is 3.84. The summed E-state index contributed by atoms with van der Waals surface area (Å²) in [7, 11) is 4.39. The summed E-state index contributed by atoms with van der Waals surface area (Å²) in [5.41, 5.74) is 5.98. The summed E-state index contributed by atoms with van der Waals surface area (Å²) >= 11 is 1.88. The van der Waals surface area contributed by atoms with Crippen LogP contribution in [-0.4, -0.2) is 25.0 Å². The van der Waals surface area contributed by atoms with Crippen LogP contribution in [0.3, 0.4) is 0 Å². The van der Waals surface area contributed by atoms with Crippen molar-refractivity contribution in [3.05, 3.63) is 22.4 Å². The van der Waals surface area contributed by atoms with Gasteiger partial charge in [0.25, 0.3) is 0 Å². The van der Waals surface area contributed by atoms with Crippen LogP contribution in [0.25, 0.3) is 0 Å². The molecule has 0 bridgehead atoms. The van der Waals surface area contributed by atoms with E-state index in [0.29, 0.717) is 12.1 Å². The average Bonchev–Trinajstić information content (AvgIpc) is 2.74. The van der Waals surface area contributed by atoms with Crippen molar-refractivity contribution in [3.63, 3.8) is 0 Å². The van der Waals surface area contributed by atoms with Crippen LogP contribution in [-0.2, 0) is 0 Å². The maximum absolute atomic E-state index is 5.98. The lowest BCUT2D eigenvalue weighted by molar-refractivity contribution is 0.167. The van der Waals surface area contributed by atoms with Crippen molar-refractivity contribution >= 4 is 11.3 Å². The molecule has 0 radical (unpaired) electrons. The van der Waals surface area contributed by atoms with Gasteiger partial charge in [0.05, 0.1) is 0 Å². The normalized spacial score (nSPS) is 28.2. The van der Waals surface area contributed by atoms with Gasteiger partial charge in [-0.25, -0.2) is 0 Å². The molecule has 1 fully saturated rings. The molecule has 0 spiro atoms. The zero-order valence-electron chi connectivity index (χ0n) is 10.2. The van der Waals surface area contributed by atoms with Crippen molar-refractivity contribution in [1.82, 2.24) is 4.90 Å². The minimum absolute atomic E-state index is 0.447. The molecule has 1 unspecified atom stereocenters. The SMILES string of the molecule is CN(C)C(c1cccs1)C1CCC(N)CC1. The Kier molecular flexibility index (Phi) is 4.00. The second kappa shape index (κ2) is 5.30. The number of nitrogens with two attached hydrogens (primary N) is 1. The van der Waals surface area contributed by atoms with Gasteiger partial charge >= 0.3 is 0 Å². The van der Waals surface area contributed by atoms with E-state index in [-0.39, 0.29) is 0 Å². The zero-order valence-corrected chi connectivity index (χ0v) is 11.0. The molecule has 1 aromatic rings. The third kappa shape index (κ3) is 2.65. The smallest absolute Gasteiger partial charge is 0.0463 e. The molecule has 1 aliphatic carbocycles. The highest BCUT2D eigenvalue weighted by Gasteiger charge is 2.29. The Bertz CT molecular complexity index is 300. The van der Waals surface area contributed by atoms with E-state index in [2.05, 4.69) is 36.5 Å². The highest BCUT2D eigenvalue weighted by molar-refractivity contribution is 7.10. The van der Waals surface area contributed by atoms with Crippen LogP contribution in [0, 0.1) is 5.92 Å². The standard InChI is InChI=1S/C13H22N2S/c1-15(2)13(12-4-3-9-16-12)10-5-7-11(14)8-6-10/h3-4,9-11,13H,5-8,14H2,1-2H3. The first-order valence-electron chi connectivity index (χ1n) is 6.14. The lowest BCUT2D eigenvalue weighted by Gasteiger charge is -2.35. The topological polar surface area (TPSA) is 29.3 Å². The Morgan fingerprint density at radius 1 is 1.31 bits per heavy atom. The van der Waals surface area contributed by atoms with E-state index in [1.54, 1.807) is 0 Å². The van der Waals surface area contributed by atoms with Gasteiger partial charge in [0.15, 0.2) is 0 Å². The van der Waals surface area contributed by atoms with E-state index in [9.17, 15) is 0 Å². The van der Waals surface area contributed by atoms with Crippen molar-refractivity contribution in [1.29, 1.82) is 0 Å². The zero-order chi connectivity index (χ0) is 11.5. The first-order chi connectivity index (χ1) is 7.68. The Balaban J connectivity index is 2.08. The molecule has 0 aromatic carbocycles. The van der Waals surface area contributed by atoms with E-state index in [1.165, 1.54) is 30.6 Å². The average molecular weight is 238 g/mol. The molecule has 2 nitrogen and oxygen atoms in total. The summed E-state index contributed by atoms with van der Waals surface area (Å²) in [5, 5.41) is 2.18. The molecule has 1 aromatic heterocycles. The Labute approximate surface area is 102 Å². The van der Waals surface area contributed by atoms with Crippen LogP contribution in [0.15, 0.2) is 17.5 Å². The van der Waals surface area contributed by atoms with Gasteiger partial charge in [0, 0.05) is 17.0 Å². The Hall–Kier alpha value is -0.380. The molecule has 0 amide bonds. The summed E-state index contributed by atoms with van der Waals surface area (Å²) < 4.78 is 0. The van der Waals surface area contributed by atoms with Crippen molar-refractivity contribution < 1.29 is 0 Å². The fourth-order valence-electron chi connectivity index (χ4n) is 2.83. The minimum Gasteiger partial charge on any atom is -0.328 e. The van der Waals surface area contributed by atoms with Gasteiger partial charge in [-0.15, -0.1) is 11.3 Å². The highest BCUT2D eigenvalue weighted by atomic mass is 32.1. The number of thiophene rings is 1. The second-order valence-corrected chi connectivity index (χ2v) is 6.08. The van der Waals surface area contributed by atoms with Crippen LogP contribution in [0.2, 0.25) is 0 Å². The Morgan fingerprint density at radius 3 is 2.50 bits per heavy atom. The second-order valence-electron chi connectivity index (χ2n) is 5.10. The van der Waals surface area contributed by atoms with Crippen molar-refractivity contribution in [2.24, 2.45) is 11.7 Å². The maximum Gasteiger partial charge on any atom is 0.0463 e. The molecular formula is C13H22N2S. The molecule has 1 aliphatic rings. The monoisotopic (exact) mass is 238 g/mol. The van der Waals surface area contributed by atoms with Crippen LogP contribution in [0.1, 0.15) is 36.6 Å². The number of rotatable bonds is 3. The molecule has 0 saturated heterocycles. The molecule has 1 atom stereocenters. The van der Waals surface area contributed by atoms with E-state index in [1.807, 2.05) is 11.3 Å². The first kappa shape index (κ1) is 12.1. The lowest BCUT2D eigenvalue weighted by Crippen LogP contribution is -2.33. The summed E-state index contributed by atoms with van der Waals surface area (Å²) in [6.07, 6.45) is 4.95. The molecule has 0 aliphatic heterocycles. The number of nitrogens with zero attached hydrogens (tertiary/aromatic N) is 1. The van der Waals surface area contributed by atoms with E-state index >= 15 is 0 Å². The number of hydrogen-bond acceptors (Lipinski definition) is 3. The van der Waals surface area contributed by atoms with Crippen LogP contribution < -0.4 is 5.73 Å². The molecule has 16 heavy (non-hydrogen) atoms. The van der Waals surface area contributed by atoms with Gasteiger partial charge in [-0.1, -0.05) is 6.07 Å². The lowest BCUT2D eigenvalue weighted by atomic mass is 9.81. The predicted molar refractivity (Wildman–Crippen MR) is 70.7 cm³/mol. The summed E-state index contributed by atoms with van der Waals surface area (Å²) in [4.78, 5) is 3.87. The molecule has 1 heterocycles. The molecule has 2 rings (SSSR count). The summed E-state index contributed by atoms with van der Waals surface area (Å²) in [5.74, 6) is 0.786. The summed E-state index contributed by atoms with van der Waals surface area (Å²) in [6, 6.07) is 5.46. The van der Waals surface area contributed by atoms with Crippen LogP contribution in [0.5, 0.6) is 0 Å². The largest absolute Gasteiger partial charge is 0.328 e. The predicted octanol–water partition coefficient (Wildman–Crippen LogP) is 2.87. The van der Waals surface area contributed by atoms with E-state index in [0.717, 1.165) is 5.92 Å². The van der Waals surface area contributed by atoms with Gasteiger partial charge in [-0.05, 0) is 57.1 Å². The van der Waals surface area contributed by atoms with Crippen molar-refractivity contribution in [2.75, 3.05) is 14.1 Å². The third-order valence-electron chi connectivity index (χ3n) is 3.65. The van der Waals surface area contributed by atoms with Crippen molar-refractivity contribution in [2.45, 2.75) is 37.8 Å². The quantitative estimate of drug-likeness (QED) is 0.877. The van der Waals surface area contributed by atoms with Crippen molar-refractivity contribution in [3.8, 4) is 0 Å². The molecule has 1 saturated carbocycles. The Morgan fingerprint density at radius 2 is 2.00 bits per heavy atom. The van der Waals surface area contributed by atoms with Gasteiger partial charge < -0.3 is 10.6 Å². The molecule has 90 valence electrons. The van der Waals surface area contributed by atoms with Crippen LogP contribution >= 0.6 is 11.3 Å². The maximum atomic E-state index is 5.98. The molecule has 3 heteroatoms.